The van der Waals surface area contributed by atoms with Crippen molar-refractivity contribution in [2.24, 2.45) is 17.8 Å². The SMILES string of the molecule is CC1CCC(C(C)C(F)(F)F)CC1O. The highest BCUT2D eigenvalue weighted by Gasteiger charge is 2.43. The highest BCUT2D eigenvalue weighted by Crippen LogP contribution is 2.40. The van der Waals surface area contributed by atoms with Crippen LogP contribution in [-0.2, 0) is 0 Å². The van der Waals surface area contributed by atoms with E-state index in [9.17, 15) is 18.3 Å². The van der Waals surface area contributed by atoms with Crippen LogP contribution in [0.5, 0.6) is 0 Å². The summed E-state index contributed by atoms with van der Waals surface area (Å²) in [6, 6.07) is 0. The van der Waals surface area contributed by atoms with Crippen LogP contribution in [0.1, 0.15) is 33.1 Å². The molecule has 1 rings (SSSR count). The van der Waals surface area contributed by atoms with E-state index < -0.39 is 24.1 Å². The van der Waals surface area contributed by atoms with Crippen LogP contribution in [0.2, 0.25) is 0 Å². The molecule has 0 radical (unpaired) electrons. The quantitative estimate of drug-likeness (QED) is 0.705. The number of aliphatic hydroxyl groups is 1. The molecular weight excluding hydrogens is 193 g/mol. The summed E-state index contributed by atoms with van der Waals surface area (Å²) >= 11 is 0. The van der Waals surface area contributed by atoms with Crippen LogP contribution >= 0.6 is 0 Å². The van der Waals surface area contributed by atoms with Gasteiger partial charge >= 0.3 is 6.18 Å². The molecule has 4 heteroatoms. The molecular formula is C10H17F3O. The summed E-state index contributed by atoms with van der Waals surface area (Å²) < 4.78 is 37.1. The van der Waals surface area contributed by atoms with Crippen LogP contribution in [0.3, 0.4) is 0 Å². The van der Waals surface area contributed by atoms with E-state index in [4.69, 9.17) is 0 Å². The van der Waals surface area contributed by atoms with Crippen LogP contribution < -0.4 is 0 Å². The van der Waals surface area contributed by atoms with Gasteiger partial charge < -0.3 is 5.11 Å². The Morgan fingerprint density at radius 1 is 1.29 bits per heavy atom. The van der Waals surface area contributed by atoms with E-state index in [0.29, 0.717) is 19.3 Å². The van der Waals surface area contributed by atoms with E-state index in [2.05, 4.69) is 0 Å². The molecule has 0 bridgehead atoms. The van der Waals surface area contributed by atoms with Gasteiger partial charge in [-0.2, -0.15) is 13.2 Å². The Labute approximate surface area is 82.3 Å². The van der Waals surface area contributed by atoms with Crippen LogP contribution in [0, 0.1) is 17.8 Å². The summed E-state index contributed by atoms with van der Waals surface area (Å²) in [5, 5.41) is 9.50. The molecule has 0 aromatic heterocycles. The van der Waals surface area contributed by atoms with Gasteiger partial charge in [-0.3, -0.25) is 0 Å². The normalized spacial score (nSPS) is 36.9. The molecule has 1 aliphatic carbocycles. The maximum absolute atomic E-state index is 12.4. The fourth-order valence-corrected chi connectivity index (χ4v) is 2.05. The molecule has 0 saturated heterocycles. The molecule has 0 spiro atoms. The van der Waals surface area contributed by atoms with Gasteiger partial charge in [-0.25, -0.2) is 0 Å². The molecule has 1 N–H and O–H groups in total. The molecule has 0 amide bonds. The van der Waals surface area contributed by atoms with Crippen LogP contribution in [0.4, 0.5) is 13.2 Å². The zero-order chi connectivity index (χ0) is 10.9. The zero-order valence-electron chi connectivity index (χ0n) is 8.51. The van der Waals surface area contributed by atoms with Gasteiger partial charge in [0.05, 0.1) is 12.0 Å². The highest BCUT2D eigenvalue weighted by atomic mass is 19.4. The Kier molecular flexibility index (Phi) is 3.45. The minimum atomic E-state index is -4.12. The van der Waals surface area contributed by atoms with Crippen molar-refractivity contribution in [3.8, 4) is 0 Å². The Morgan fingerprint density at radius 3 is 2.29 bits per heavy atom. The average molecular weight is 210 g/mol. The lowest BCUT2D eigenvalue weighted by atomic mass is 9.75. The summed E-state index contributed by atoms with van der Waals surface area (Å²) in [5.74, 6) is -1.54. The molecule has 1 nitrogen and oxygen atoms in total. The molecule has 4 unspecified atom stereocenters. The molecule has 0 aromatic rings. The van der Waals surface area contributed by atoms with Crippen molar-refractivity contribution in [1.82, 2.24) is 0 Å². The third-order valence-electron chi connectivity index (χ3n) is 3.42. The third kappa shape index (κ3) is 2.62. The Hall–Kier alpha value is -0.250. The lowest BCUT2D eigenvalue weighted by molar-refractivity contribution is -0.190. The number of aliphatic hydroxyl groups excluding tert-OH is 1. The van der Waals surface area contributed by atoms with Crippen molar-refractivity contribution in [3.63, 3.8) is 0 Å². The Bertz CT molecular complexity index is 190. The van der Waals surface area contributed by atoms with Crippen molar-refractivity contribution >= 4 is 0 Å². The minimum absolute atomic E-state index is 0.145. The summed E-state index contributed by atoms with van der Waals surface area (Å²) in [4.78, 5) is 0. The maximum atomic E-state index is 12.4. The van der Waals surface area contributed by atoms with Crippen LogP contribution in [0.15, 0.2) is 0 Å². The lowest BCUT2D eigenvalue weighted by Gasteiger charge is -2.35. The molecule has 14 heavy (non-hydrogen) atoms. The molecule has 84 valence electrons. The van der Waals surface area contributed by atoms with Crippen molar-refractivity contribution in [2.75, 3.05) is 0 Å². The largest absolute Gasteiger partial charge is 0.393 e. The molecule has 0 aromatic carbocycles. The smallest absolute Gasteiger partial charge is 0.391 e. The molecule has 1 saturated carbocycles. The van der Waals surface area contributed by atoms with E-state index >= 15 is 0 Å². The van der Waals surface area contributed by atoms with Crippen molar-refractivity contribution < 1.29 is 18.3 Å². The third-order valence-corrected chi connectivity index (χ3v) is 3.42. The van der Waals surface area contributed by atoms with Crippen molar-refractivity contribution in [3.05, 3.63) is 0 Å². The van der Waals surface area contributed by atoms with E-state index in [-0.39, 0.29) is 5.92 Å². The molecule has 1 fully saturated rings. The van der Waals surface area contributed by atoms with Gasteiger partial charge in [0.1, 0.15) is 0 Å². The zero-order valence-corrected chi connectivity index (χ0v) is 8.51. The number of rotatable bonds is 1. The van der Waals surface area contributed by atoms with Crippen molar-refractivity contribution in [1.29, 1.82) is 0 Å². The van der Waals surface area contributed by atoms with Gasteiger partial charge in [0.2, 0.25) is 0 Å². The monoisotopic (exact) mass is 210 g/mol. The Morgan fingerprint density at radius 2 is 1.86 bits per heavy atom. The minimum Gasteiger partial charge on any atom is -0.393 e. The second-order valence-corrected chi connectivity index (χ2v) is 4.45. The fourth-order valence-electron chi connectivity index (χ4n) is 2.05. The number of hydrogen-bond donors (Lipinski definition) is 1. The summed E-state index contributed by atoms with van der Waals surface area (Å²) in [6.07, 6.45) is -3.10. The van der Waals surface area contributed by atoms with Crippen LogP contribution in [-0.4, -0.2) is 17.4 Å². The summed E-state index contributed by atoms with van der Waals surface area (Å²) in [7, 11) is 0. The second-order valence-electron chi connectivity index (χ2n) is 4.45. The molecule has 0 aliphatic heterocycles. The van der Waals surface area contributed by atoms with Crippen molar-refractivity contribution in [2.45, 2.75) is 45.4 Å². The predicted molar refractivity (Wildman–Crippen MR) is 47.7 cm³/mol. The lowest BCUT2D eigenvalue weighted by Crippen LogP contribution is -2.35. The first-order chi connectivity index (χ1) is 6.32. The topological polar surface area (TPSA) is 20.2 Å². The van der Waals surface area contributed by atoms with E-state index in [1.54, 1.807) is 0 Å². The van der Waals surface area contributed by atoms with E-state index in [1.807, 2.05) is 6.92 Å². The number of halogens is 3. The average Bonchev–Trinajstić information content (AvgIpc) is 2.07. The van der Waals surface area contributed by atoms with Gasteiger partial charge in [-0.1, -0.05) is 13.8 Å². The van der Waals surface area contributed by atoms with Gasteiger partial charge in [-0.05, 0) is 31.1 Å². The maximum Gasteiger partial charge on any atom is 0.391 e. The van der Waals surface area contributed by atoms with Gasteiger partial charge in [0, 0.05) is 0 Å². The van der Waals surface area contributed by atoms with Gasteiger partial charge in [0.15, 0.2) is 0 Å². The van der Waals surface area contributed by atoms with Gasteiger partial charge in [0.25, 0.3) is 0 Å². The first-order valence-corrected chi connectivity index (χ1v) is 5.07. The number of hydrogen-bond acceptors (Lipinski definition) is 1. The number of alkyl halides is 3. The second kappa shape index (κ2) is 4.09. The van der Waals surface area contributed by atoms with E-state index in [0.717, 1.165) is 0 Å². The van der Waals surface area contributed by atoms with Gasteiger partial charge in [-0.15, -0.1) is 0 Å². The van der Waals surface area contributed by atoms with E-state index in [1.165, 1.54) is 6.92 Å². The summed E-state index contributed by atoms with van der Waals surface area (Å²) in [6.45, 7) is 3.10. The Balaban J connectivity index is 2.55. The molecule has 4 atom stereocenters. The highest BCUT2D eigenvalue weighted by molar-refractivity contribution is 4.82. The van der Waals surface area contributed by atoms with Crippen LogP contribution in [0.25, 0.3) is 0 Å². The summed E-state index contributed by atoms with van der Waals surface area (Å²) in [5.41, 5.74) is 0. The predicted octanol–water partition coefficient (Wildman–Crippen LogP) is 2.98. The molecule has 1 aliphatic rings. The first kappa shape index (κ1) is 11.8. The fraction of sp³-hybridized carbons (Fsp3) is 1.00. The molecule has 0 heterocycles. The first-order valence-electron chi connectivity index (χ1n) is 5.07. The standard InChI is InChI=1S/C10H17F3O/c1-6-3-4-8(5-9(6)14)7(2)10(11,12)13/h6-9,14H,3-5H2,1-2H3.